The molecule has 1 N–H and O–H groups in total. The summed E-state index contributed by atoms with van der Waals surface area (Å²) in [6.07, 6.45) is 1.17. The molecule has 0 aliphatic carbocycles. The average Bonchev–Trinajstić information content (AvgIpc) is 3.29. The molecule has 0 saturated carbocycles. The van der Waals surface area contributed by atoms with Gasteiger partial charge in [0, 0.05) is 11.9 Å². The van der Waals surface area contributed by atoms with E-state index >= 15 is 0 Å². The third kappa shape index (κ3) is 6.05. The summed E-state index contributed by atoms with van der Waals surface area (Å²) in [7, 11) is -3.53. The molecule has 9 nitrogen and oxygen atoms in total. The lowest BCUT2D eigenvalue weighted by Crippen LogP contribution is -2.30. The van der Waals surface area contributed by atoms with Crippen molar-refractivity contribution in [2.45, 2.75) is 39.0 Å². The van der Waals surface area contributed by atoms with E-state index in [9.17, 15) is 13.2 Å². The molecular formula is C19H24N6O3S3. The van der Waals surface area contributed by atoms with E-state index in [4.69, 9.17) is 0 Å². The number of benzene rings is 1. The third-order valence-electron chi connectivity index (χ3n) is 4.31. The van der Waals surface area contributed by atoms with E-state index in [0.29, 0.717) is 28.3 Å². The fourth-order valence-electron chi connectivity index (χ4n) is 2.80. The number of carbonyl (C=O) groups is 1. The number of anilines is 2. The highest BCUT2D eigenvalue weighted by Crippen LogP contribution is 2.23. The lowest BCUT2D eigenvalue weighted by molar-refractivity contribution is -0.113. The van der Waals surface area contributed by atoms with Crippen molar-refractivity contribution < 1.29 is 13.2 Å². The summed E-state index contributed by atoms with van der Waals surface area (Å²) in [5, 5.41) is 14.1. The lowest BCUT2D eigenvalue weighted by Gasteiger charge is -2.22. The number of hydrogen-bond acceptors (Lipinski definition) is 8. The first-order valence-corrected chi connectivity index (χ1v) is 13.2. The van der Waals surface area contributed by atoms with Crippen LogP contribution >= 0.6 is 23.1 Å². The van der Waals surface area contributed by atoms with Gasteiger partial charge in [0.2, 0.25) is 15.9 Å². The van der Waals surface area contributed by atoms with Crippen LogP contribution in [0.5, 0.6) is 0 Å². The summed E-state index contributed by atoms with van der Waals surface area (Å²) < 4.78 is 28.0. The molecule has 31 heavy (non-hydrogen) atoms. The summed E-state index contributed by atoms with van der Waals surface area (Å²) in [5.74, 6) is 0.459. The van der Waals surface area contributed by atoms with Crippen molar-refractivity contribution in [3.8, 4) is 0 Å². The van der Waals surface area contributed by atoms with Gasteiger partial charge < -0.3 is 9.88 Å². The van der Waals surface area contributed by atoms with E-state index in [-0.39, 0.29) is 18.2 Å². The van der Waals surface area contributed by atoms with Crippen molar-refractivity contribution in [1.29, 1.82) is 0 Å². The highest BCUT2D eigenvalue weighted by atomic mass is 32.2. The van der Waals surface area contributed by atoms with Gasteiger partial charge in [-0.3, -0.25) is 9.10 Å². The predicted molar refractivity (Wildman–Crippen MR) is 124 cm³/mol. The quantitative estimate of drug-likeness (QED) is 0.469. The number of aryl methyl sites for hydroxylation is 2. The topological polar surface area (TPSA) is 110 Å². The Labute approximate surface area is 190 Å². The fourth-order valence-corrected chi connectivity index (χ4v) is 5.18. The minimum Gasteiger partial charge on any atom is -0.305 e. The van der Waals surface area contributed by atoms with Gasteiger partial charge in [-0.25, -0.2) is 13.4 Å². The van der Waals surface area contributed by atoms with Gasteiger partial charge >= 0.3 is 0 Å². The molecular weight excluding hydrogens is 456 g/mol. The molecule has 1 amide bonds. The van der Waals surface area contributed by atoms with Gasteiger partial charge in [-0.1, -0.05) is 29.5 Å². The van der Waals surface area contributed by atoms with E-state index in [2.05, 4.69) is 20.5 Å². The SMILES string of the molecule is CCn1c(CN(c2ccc(C)cc2)S(C)(=O)=O)nnc1SCC(=O)Nc1nc(C)cs1. The number of nitrogens with zero attached hydrogens (tertiary/aromatic N) is 5. The normalized spacial score (nSPS) is 11.5. The van der Waals surface area contributed by atoms with E-state index in [0.717, 1.165) is 11.3 Å². The van der Waals surface area contributed by atoms with Crippen LogP contribution in [0.2, 0.25) is 0 Å². The molecule has 0 spiro atoms. The molecule has 3 aromatic rings. The molecule has 0 saturated heterocycles. The van der Waals surface area contributed by atoms with Crippen LogP contribution in [0.25, 0.3) is 0 Å². The van der Waals surface area contributed by atoms with E-state index in [1.54, 1.807) is 12.1 Å². The number of hydrogen-bond donors (Lipinski definition) is 1. The van der Waals surface area contributed by atoms with Crippen molar-refractivity contribution in [3.63, 3.8) is 0 Å². The molecule has 2 aromatic heterocycles. The van der Waals surface area contributed by atoms with Gasteiger partial charge in [-0.15, -0.1) is 21.5 Å². The van der Waals surface area contributed by atoms with Crippen LogP contribution in [0.4, 0.5) is 10.8 Å². The fraction of sp³-hybridized carbons (Fsp3) is 0.368. The Morgan fingerprint density at radius 2 is 1.94 bits per heavy atom. The molecule has 3 rings (SSSR count). The minimum atomic E-state index is -3.53. The molecule has 2 heterocycles. The van der Waals surface area contributed by atoms with Crippen LogP contribution < -0.4 is 9.62 Å². The van der Waals surface area contributed by atoms with Crippen molar-refractivity contribution in [2.75, 3.05) is 21.6 Å². The molecule has 0 aliphatic heterocycles. The second-order valence-electron chi connectivity index (χ2n) is 6.88. The zero-order valence-electron chi connectivity index (χ0n) is 17.7. The molecule has 166 valence electrons. The number of carbonyl (C=O) groups excluding carboxylic acids is 1. The number of rotatable bonds is 9. The monoisotopic (exact) mass is 480 g/mol. The van der Waals surface area contributed by atoms with Crippen LogP contribution in [-0.2, 0) is 27.9 Å². The first kappa shape index (κ1) is 23.2. The van der Waals surface area contributed by atoms with Crippen LogP contribution in [0.3, 0.4) is 0 Å². The smallest absolute Gasteiger partial charge is 0.236 e. The van der Waals surface area contributed by atoms with Gasteiger partial charge in [0.05, 0.1) is 29.9 Å². The maximum Gasteiger partial charge on any atom is 0.236 e. The van der Waals surface area contributed by atoms with Gasteiger partial charge in [-0.05, 0) is 32.9 Å². The van der Waals surface area contributed by atoms with Crippen LogP contribution in [0.1, 0.15) is 24.0 Å². The molecule has 0 unspecified atom stereocenters. The second-order valence-corrected chi connectivity index (χ2v) is 10.6. The Hall–Kier alpha value is -2.44. The highest BCUT2D eigenvalue weighted by molar-refractivity contribution is 7.99. The Bertz CT molecular complexity index is 1160. The summed E-state index contributed by atoms with van der Waals surface area (Å²) in [4.78, 5) is 16.4. The zero-order chi connectivity index (χ0) is 22.6. The highest BCUT2D eigenvalue weighted by Gasteiger charge is 2.22. The molecule has 0 atom stereocenters. The first-order chi connectivity index (χ1) is 14.7. The number of amides is 1. The second kappa shape index (κ2) is 9.79. The lowest BCUT2D eigenvalue weighted by atomic mass is 10.2. The molecule has 0 fully saturated rings. The van der Waals surface area contributed by atoms with Crippen molar-refractivity contribution >= 4 is 49.8 Å². The summed E-state index contributed by atoms with van der Waals surface area (Å²) >= 11 is 2.62. The maximum absolute atomic E-state index is 12.4. The Kier molecular flexibility index (Phi) is 7.34. The van der Waals surface area contributed by atoms with Gasteiger partial charge in [0.15, 0.2) is 16.1 Å². The van der Waals surface area contributed by atoms with Crippen LogP contribution in [0.15, 0.2) is 34.8 Å². The van der Waals surface area contributed by atoms with Crippen molar-refractivity contribution in [3.05, 3.63) is 46.7 Å². The Morgan fingerprint density at radius 3 is 2.52 bits per heavy atom. The predicted octanol–water partition coefficient (Wildman–Crippen LogP) is 3.07. The van der Waals surface area contributed by atoms with E-state index < -0.39 is 10.0 Å². The van der Waals surface area contributed by atoms with Crippen molar-refractivity contribution in [1.82, 2.24) is 19.7 Å². The largest absolute Gasteiger partial charge is 0.305 e. The molecule has 0 radical (unpaired) electrons. The summed E-state index contributed by atoms with van der Waals surface area (Å²) in [6.45, 7) is 6.32. The summed E-state index contributed by atoms with van der Waals surface area (Å²) in [6, 6.07) is 7.26. The number of aromatic nitrogens is 4. The third-order valence-corrected chi connectivity index (χ3v) is 7.30. The van der Waals surface area contributed by atoms with Crippen molar-refractivity contribution in [2.24, 2.45) is 0 Å². The van der Waals surface area contributed by atoms with Crippen LogP contribution in [0, 0.1) is 13.8 Å². The molecule has 12 heteroatoms. The standard InChI is InChI=1S/C19H24N6O3S3/c1-5-24-16(10-25(31(4,27)28)15-8-6-13(2)7-9-15)22-23-19(24)30-12-17(26)21-18-20-14(3)11-29-18/h6-9,11H,5,10,12H2,1-4H3,(H,20,21,26). The number of nitrogens with one attached hydrogen (secondary N) is 1. The number of thiazole rings is 1. The van der Waals surface area contributed by atoms with Gasteiger partial charge in [-0.2, -0.15) is 0 Å². The van der Waals surface area contributed by atoms with Crippen LogP contribution in [-0.4, -0.2) is 46.1 Å². The molecule has 1 aromatic carbocycles. The van der Waals surface area contributed by atoms with E-state index in [1.165, 1.54) is 33.7 Å². The molecule has 0 bridgehead atoms. The van der Waals surface area contributed by atoms with Gasteiger partial charge in [0.25, 0.3) is 0 Å². The number of thioether (sulfide) groups is 1. The minimum absolute atomic E-state index is 0.0495. The Balaban J connectivity index is 1.73. The maximum atomic E-state index is 12.4. The summed E-state index contributed by atoms with van der Waals surface area (Å²) in [5.41, 5.74) is 2.46. The number of sulfonamides is 1. The average molecular weight is 481 g/mol. The first-order valence-electron chi connectivity index (χ1n) is 9.48. The Morgan fingerprint density at radius 1 is 1.23 bits per heavy atom. The molecule has 0 aliphatic rings. The van der Waals surface area contributed by atoms with Gasteiger partial charge in [0.1, 0.15) is 0 Å². The van der Waals surface area contributed by atoms with E-state index in [1.807, 2.05) is 42.9 Å². The zero-order valence-corrected chi connectivity index (χ0v) is 20.1.